The number of hydrogen-bond acceptors (Lipinski definition) is 3. The lowest BCUT2D eigenvalue weighted by Crippen LogP contribution is -2.00. The van der Waals surface area contributed by atoms with Crippen LogP contribution < -0.4 is 0 Å². The van der Waals surface area contributed by atoms with Crippen LogP contribution in [0.25, 0.3) is 0 Å². The van der Waals surface area contributed by atoms with E-state index in [2.05, 4.69) is 0 Å². The molecule has 0 saturated carbocycles. The van der Waals surface area contributed by atoms with Crippen LogP contribution in [0.5, 0.6) is 0 Å². The second-order valence-corrected chi connectivity index (χ2v) is 5.35. The first-order chi connectivity index (χ1) is 9.63. The largest absolute Gasteiger partial charge is 0.466 e. The zero-order valence-electron chi connectivity index (χ0n) is 12.8. The molecule has 0 aliphatic heterocycles. The quantitative estimate of drug-likeness (QED) is 0.355. The molecule has 0 bridgehead atoms. The molecular formula is C16H29O4. The predicted molar refractivity (Wildman–Crippen MR) is 77.7 cm³/mol. The van der Waals surface area contributed by atoms with Gasteiger partial charge < -0.3 is 4.74 Å². The molecule has 0 saturated heterocycles. The Kier molecular flexibility index (Phi) is 13.6. The Balaban J connectivity index is 2.99. The van der Waals surface area contributed by atoms with Gasteiger partial charge in [-0.1, -0.05) is 57.8 Å². The van der Waals surface area contributed by atoms with Crippen molar-refractivity contribution in [3.05, 3.63) is 0 Å². The van der Waals surface area contributed by atoms with Crippen LogP contribution in [0.3, 0.4) is 0 Å². The molecule has 0 rings (SSSR count). The average molecular weight is 285 g/mol. The number of esters is 1. The van der Waals surface area contributed by atoms with Crippen molar-refractivity contribution in [1.82, 2.24) is 0 Å². The SMILES string of the molecule is CC(=O)OCCCCCCCCCCCCCC([O])=O. The van der Waals surface area contributed by atoms with Crippen molar-refractivity contribution in [2.75, 3.05) is 6.61 Å². The maximum atomic E-state index is 10.5. The third kappa shape index (κ3) is 16.9. The topological polar surface area (TPSA) is 63.3 Å². The van der Waals surface area contributed by atoms with Gasteiger partial charge in [0.1, 0.15) is 0 Å². The van der Waals surface area contributed by atoms with Crippen molar-refractivity contribution < 1.29 is 19.4 Å². The van der Waals surface area contributed by atoms with Gasteiger partial charge in [0.2, 0.25) is 0 Å². The molecule has 117 valence electrons. The molecule has 0 atom stereocenters. The summed E-state index contributed by atoms with van der Waals surface area (Å²) in [6, 6.07) is 0. The normalized spacial score (nSPS) is 10.4. The molecule has 0 spiro atoms. The maximum absolute atomic E-state index is 10.5. The van der Waals surface area contributed by atoms with E-state index in [0.29, 0.717) is 6.61 Å². The van der Waals surface area contributed by atoms with Gasteiger partial charge >= 0.3 is 11.9 Å². The van der Waals surface area contributed by atoms with E-state index in [4.69, 9.17) is 4.74 Å². The minimum Gasteiger partial charge on any atom is -0.466 e. The zero-order valence-corrected chi connectivity index (χ0v) is 12.8. The summed E-state index contributed by atoms with van der Waals surface area (Å²) in [6.07, 6.45) is 12.7. The molecule has 4 nitrogen and oxygen atoms in total. The van der Waals surface area contributed by atoms with Crippen molar-refractivity contribution in [3.8, 4) is 0 Å². The number of hydrogen-bond donors (Lipinski definition) is 0. The Morgan fingerprint density at radius 3 is 1.50 bits per heavy atom. The first-order valence-electron chi connectivity index (χ1n) is 7.96. The fourth-order valence-electron chi connectivity index (χ4n) is 2.18. The van der Waals surface area contributed by atoms with Gasteiger partial charge in [0.15, 0.2) is 0 Å². The lowest BCUT2D eigenvalue weighted by Gasteiger charge is -2.03. The molecule has 20 heavy (non-hydrogen) atoms. The van der Waals surface area contributed by atoms with Crippen LogP contribution in [0, 0.1) is 0 Å². The van der Waals surface area contributed by atoms with Gasteiger partial charge in [-0.2, -0.15) is 0 Å². The first-order valence-corrected chi connectivity index (χ1v) is 7.96. The number of rotatable bonds is 14. The Labute approximate surface area is 122 Å². The summed E-state index contributed by atoms with van der Waals surface area (Å²) >= 11 is 0. The number of carbonyl (C=O) groups excluding carboxylic acids is 2. The van der Waals surface area contributed by atoms with E-state index in [1.807, 2.05) is 0 Å². The van der Waals surface area contributed by atoms with Crippen LogP contribution in [-0.2, 0) is 19.4 Å². The molecule has 0 N–H and O–H groups in total. The maximum Gasteiger partial charge on any atom is 0.355 e. The summed E-state index contributed by atoms with van der Waals surface area (Å²) in [6.45, 7) is 2.00. The van der Waals surface area contributed by atoms with Gasteiger partial charge in [0.25, 0.3) is 0 Å². The van der Waals surface area contributed by atoms with Crippen LogP contribution in [-0.4, -0.2) is 18.5 Å². The smallest absolute Gasteiger partial charge is 0.355 e. The van der Waals surface area contributed by atoms with Gasteiger partial charge in [0.05, 0.1) is 13.0 Å². The minimum atomic E-state index is -0.932. The minimum absolute atomic E-state index is 0.190. The Morgan fingerprint density at radius 1 is 0.700 bits per heavy atom. The zero-order chi connectivity index (χ0) is 15.1. The Morgan fingerprint density at radius 2 is 1.10 bits per heavy atom. The standard InChI is InChI=1S/C16H29O4/c1-15(17)20-14-12-10-8-6-4-2-3-5-7-9-11-13-16(18)19/h2-14H2,1H3. The predicted octanol–water partition coefficient (Wildman–Crippen LogP) is 4.19. The van der Waals surface area contributed by atoms with Crippen LogP contribution in [0.2, 0.25) is 0 Å². The molecule has 0 aliphatic carbocycles. The van der Waals surface area contributed by atoms with Gasteiger partial charge in [-0.05, 0) is 12.8 Å². The van der Waals surface area contributed by atoms with Crippen molar-refractivity contribution >= 4 is 11.9 Å². The van der Waals surface area contributed by atoms with Crippen molar-refractivity contribution in [1.29, 1.82) is 0 Å². The highest BCUT2D eigenvalue weighted by Gasteiger charge is 1.98. The van der Waals surface area contributed by atoms with E-state index in [1.165, 1.54) is 45.4 Å². The van der Waals surface area contributed by atoms with E-state index in [0.717, 1.165) is 32.1 Å². The number of ether oxygens (including phenoxy) is 1. The van der Waals surface area contributed by atoms with Crippen molar-refractivity contribution in [2.45, 2.75) is 84.0 Å². The second-order valence-electron chi connectivity index (χ2n) is 5.35. The lowest BCUT2D eigenvalue weighted by molar-refractivity contribution is -0.143. The van der Waals surface area contributed by atoms with E-state index in [9.17, 15) is 14.7 Å². The van der Waals surface area contributed by atoms with E-state index in [-0.39, 0.29) is 12.4 Å². The molecule has 4 heteroatoms. The highest BCUT2D eigenvalue weighted by atomic mass is 16.5. The van der Waals surface area contributed by atoms with Crippen LogP contribution >= 0.6 is 0 Å². The number of unbranched alkanes of at least 4 members (excludes halogenated alkanes) is 10. The number of carbonyl (C=O) groups is 2. The molecule has 0 aromatic rings. The molecular weight excluding hydrogens is 256 g/mol. The summed E-state index contributed by atoms with van der Waals surface area (Å²) in [5.41, 5.74) is 0. The Hall–Kier alpha value is -1.06. The highest BCUT2D eigenvalue weighted by molar-refractivity contribution is 5.66. The second kappa shape index (κ2) is 14.4. The van der Waals surface area contributed by atoms with Crippen LogP contribution in [0.1, 0.15) is 84.0 Å². The van der Waals surface area contributed by atoms with Gasteiger partial charge in [0, 0.05) is 6.92 Å². The summed E-state index contributed by atoms with van der Waals surface area (Å²) in [4.78, 5) is 20.7. The Bertz CT molecular complexity index is 225. The van der Waals surface area contributed by atoms with Crippen LogP contribution in [0.4, 0.5) is 0 Å². The fourth-order valence-corrected chi connectivity index (χ4v) is 2.18. The summed E-state index contributed by atoms with van der Waals surface area (Å²) in [5, 5.41) is 10.2. The third-order valence-corrected chi connectivity index (χ3v) is 3.33. The van der Waals surface area contributed by atoms with Crippen molar-refractivity contribution in [3.63, 3.8) is 0 Å². The van der Waals surface area contributed by atoms with E-state index >= 15 is 0 Å². The molecule has 0 heterocycles. The van der Waals surface area contributed by atoms with E-state index in [1.54, 1.807) is 0 Å². The molecule has 0 amide bonds. The van der Waals surface area contributed by atoms with E-state index < -0.39 is 5.97 Å². The monoisotopic (exact) mass is 285 g/mol. The fraction of sp³-hybridized carbons (Fsp3) is 0.875. The molecule has 0 unspecified atom stereocenters. The molecule has 0 fully saturated rings. The van der Waals surface area contributed by atoms with Crippen molar-refractivity contribution in [2.24, 2.45) is 0 Å². The molecule has 0 aromatic carbocycles. The van der Waals surface area contributed by atoms with Gasteiger partial charge in [-0.25, -0.2) is 9.90 Å². The molecule has 0 aromatic heterocycles. The first kappa shape index (κ1) is 18.9. The van der Waals surface area contributed by atoms with Gasteiger partial charge in [-0.15, -0.1) is 0 Å². The third-order valence-electron chi connectivity index (χ3n) is 3.33. The summed E-state index contributed by atoms with van der Waals surface area (Å²) in [5.74, 6) is -1.12. The lowest BCUT2D eigenvalue weighted by atomic mass is 10.1. The summed E-state index contributed by atoms with van der Waals surface area (Å²) in [7, 11) is 0. The van der Waals surface area contributed by atoms with Crippen LogP contribution in [0.15, 0.2) is 0 Å². The molecule has 1 radical (unpaired) electrons. The highest BCUT2D eigenvalue weighted by Crippen LogP contribution is 2.12. The van der Waals surface area contributed by atoms with Gasteiger partial charge in [-0.3, -0.25) is 4.79 Å². The summed E-state index contributed by atoms with van der Waals surface area (Å²) < 4.78 is 4.87. The average Bonchev–Trinajstić information content (AvgIpc) is 2.38. The molecule has 0 aliphatic rings.